The zero-order chi connectivity index (χ0) is 19.6. The fourth-order valence-electron chi connectivity index (χ4n) is 2.19. The molecule has 0 spiro atoms. The monoisotopic (exact) mass is 388 g/mol. The fraction of sp³-hybridized carbons (Fsp3) is 0.263. The molecule has 2 aromatic rings. The lowest BCUT2D eigenvalue weighted by Crippen LogP contribution is -2.31. The van der Waals surface area contributed by atoms with Gasteiger partial charge in [0.1, 0.15) is 5.25 Å². The predicted octanol–water partition coefficient (Wildman–Crippen LogP) is 2.98. The van der Waals surface area contributed by atoms with Gasteiger partial charge in [0.05, 0.1) is 4.92 Å². The molecule has 142 valence electrons. The van der Waals surface area contributed by atoms with Gasteiger partial charge < -0.3 is 10.1 Å². The number of nitrogens with one attached hydrogen (secondary N) is 1. The molecule has 1 N–H and O–H groups in total. The molecule has 0 saturated heterocycles. The van der Waals surface area contributed by atoms with Crippen molar-refractivity contribution < 1.29 is 19.2 Å². The number of nitro groups is 1. The summed E-state index contributed by atoms with van der Waals surface area (Å²) in [5.41, 5.74) is 1.10. The maximum Gasteiger partial charge on any atom is 0.319 e. The number of hydrogen-bond acceptors (Lipinski definition) is 6. The van der Waals surface area contributed by atoms with Crippen molar-refractivity contribution in [3.8, 4) is 0 Å². The summed E-state index contributed by atoms with van der Waals surface area (Å²) in [5, 5.41) is 12.8. The van der Waals surface area contributed by atoms with Gasteiger partial charge in [0.2, 0.25) is 0 Å². The molecule has 8 heteroatoms. The van der Waals surface area contributed by atoms with Gasteiger partial charge >= 0.3 is 5.97 Å². The molecule has 1 amide bonds. The Bertz CT molecular complexity index is 780. The molecular formula is C19H20N2O5S. The highest BCUT2D eigenvalue weighted by Crippen LogP contribution is 2.25. The second-order valence-electron chi connectivity index (χ2n) is 5.70. The second-order valence-corrected chi connectivity index (χ2v) is 7.12. The fourth-order valence-corrected chi connectivity index (χ4v) is 3.06. The Morgan fingerprint density at radius 3 is 2.44 bits per heavy atom. The zero-order valence-electron chi connectivity index (χ0n) is 14.8. The summed E-state index contributed by atoms with van der Waals surface area (Å²) in [5.74, 6) is -0.872. The Morgan fingerprint density at radius 2 is 1.81 bits per heavy atom. The van der Waals surface area contributed by atoms with Gasteiger partial charge in [0, 0.05) is 23.6 Å². The molecule has 7 nitrogen and oxygen atoms in total. The first-order valence-electron chi connectivity index (χ1n) is 8.34. The van der Waals surface area contributed by atoms with Crippen LogP contribution < -0.4 is 5.32 Å². The Balaban J connectivity index is 1.69. The van der Waals surface area contributed by atoms with Gasteiger partial charge in [0.15, 0.2) is 6.61 Å². The van der Waals surface area contributed by atoms with E-state index in [0.29, 0.717) is 17.9 Å². The highest BCUT2D eigenvalue weighted by atomic mass is 32.2. The molecule has 0 unspecified atom stereocenters. The van der Waals surface area contributed by atoms with Crippen molar-refractivity contribution in [3.63, 3.8) is 0 Å². The molecule has 0 aliphatic rings. The Morgan fingerprint density at radius 1 is 1.15 bits per heavy atom. The SMILES string of the molecule is C[C@@H](Sc1ccc([N+](=O)[O-])cc1)C(=O)OCC(=O)NCCc1ccccc1. The number of rotatable bonds is 9. The topological polar surface area (TPSA) is 98.5 Å². The minimum absolute atomic E-state index is 0.0123. The molecule has 0 fully saturated rings. The van der Waals surface area contributed by atoms with Gasteiger partial charge in [-0.15, -0.1) is 11.8 Å². The number of esters is 1. The summed E-state index contributed by atoms with van der Waals surface area (Å²) in [4.78, 5) is 34.6. The van der Waals surface area contributed by atoms with Gasteiger partial charge in [-0.25, -0.2) is 0 Å². The minimum Gasteiger partial charge on any atom is -0.455 e. The largest absolute Gasteiger partial charge is 0.455 e. The van der Waals surface area contributed by atoms with E-state index >= 15 is 0 Å². The summed E-state index contributed by atoms with van der Waals surface area (Å²) < 4.78 is 5.02. The molecule has 27 heavy (non-hydrogen) atoms. The number of non-ortho nitro benzene ring substituents is 1. The Kier molecular flexibility index (Phi) is 7.81. The van der Waals surface area contributed by atoms with Crippen LogP contribution in [0.3, 0.4) is 0 Å². The Labute approximate surface area is 161 Å². The van der Waals surface area contributed by atoms with E-state index in [1.807, 2.05) is 30.3 Å². The quantitative estimate of drug-likeness (QED) is 0.307. The number of thioether (sulfide) groups is 1. The third-order valence-corrected chi connectivity index (χ3v) is 4.71. The molecule has 0 saturated carbocycles. The van der Waals surface area contributed by atoms with Crippen molar-refractivity contribution in [2.45, 2.75) is 23.5 Å². The summed E-state index contributed by atoms with van der Waals surface area (Å²) in [6.45, 7) is 1.79. The van der Waals surface area contributed by atoms with E-state index in [1.165, 1.54) is 23.9 Å². The van der Waals surface area contributed by atoms with Crippen LogP contribution in [0.2, 0.25) is 0 Å². The molecule has 0 heterocycles. The first kappa shape index (κ1) is 20.4. The third-order valence-electron chi connectivity index (χ3n) is 3.62. The van der Waals surface area contributed by atoms with Crippen LogP contribution in [0, 0.1) is 10.1 Å². The number of carbonyl (C=O) groups is 2. The van der Waals surface area contributed by atoms with Gasteiger partial charge in [-0.2, -0.15) is 0 Å². The number of nitrogens with zero attached hydrogens (tertiary/aromatic N) is 1. The molecule has 0 aliphatic carbocycles. The van der Waals surface area contributed by atoms with Crippen molar-refractivity contribution in [1.82, 2.24) is 5.32 Å². The first-order valence-corrected chi connectivity index (χ1v) is 9.22. The number of hydrogen-bond donors (Lipinski definition) is 1. The van der Waals surface area contributed by atoms with Crippen LogP contribution in [-0.4, -0.2) is 35.2 Å². The highest BCUT2D eigenvalue weighted by Gasteiger charge is 2.18. The molecule has 0 aromatic heterocycles. The minimum atomic E-state index is -0.538. The number of amides is 1. The Hall–Kier alpha value is -2.87. The molecule has 2 rings (SSSR count). The molecule has 0 aliphatic heterocycles. The van der Waals surface area contributed by atoms with Crippen LogP contribution >= 0.6 is 11.8 Å². The first-order chi connectivity index (χ1) is 13.0. The van der Waals surface area contributed by atoms with Crippen molar-refractivity contribution in [2.24, 2.45) is 0 Å². The number of carbonyl (C=O) groups excluding carboxylic acids is 2. The summed E-state index contributed by atoms with van der Waals surface area (Å²) in [6, 6.07) is 15.6. The van der Waals surface area contributed by atoms with Crippen LogP contribution in [0.15, 0.2) is 59.5 Å². The van der Waals surface area contributed by atoms with Gasteiger partial charge in [-0.3, -0.25) is 19.7 Å². The summed E-state index contributed by atoms with van der Waals surface area (Å²) >= 11 is 1.21. The van der Waals surface area contributed by atoms with Crippen LogP contribution in [0.5, 0.6) is 0 Å². The normalized spacial score (nSPS) is 11.4. The van der Waals surface area contributed by atoms with Crippen molar-refractivity contribution >= 4 is 29.3 Å². The lowest BCUT2D eigenvalue weighted by Gasteiger charge is -2.11. The van der Waals surface area contributed by atoms with Gasteiger partial charge in [-0.1, -0.05) is 30.3 Å². The van der Waals surface area contributed by atoms with Crippen LogP contribution in [0.1, 0.15) is 12.5 Å². The average molecular weight is 388 g/mol. The summed E-state index contributed by atoms with van der Waals surface area (Å²) in [7, 11) is 0. The van der Waals surface area contributed by atoms with Crippen molar-refractivity contribution in [3.05, 3.63) is 70.3 Å². The van der Waals surface area contributed by atoms with E-state index in [4.69, 9.17) is 4.74 Å². The van der Waals surface area contributed by atoms with E-state index in [2.05, 4.69) is 5.32 Å². The van der Waals surface area contributed by atoms with E-state index in [0.717, 1.165) is 5.56 Å². The van der Waals surface area contributed by atoms with Crippen LogP contribution in [0.25, 0.3) is 0 Å². The molecular weight excluding hydrogens is 368 g/mol. The standard InChI is InChI=1S/C19H20N2O5S/c1-14(27-17-9-7-16(8-10-17)21(24)25)19(23)26-13-18(22)20-12-11-15-5-3-2-4-6-15/h2-10,14H,11-13H2,1H3,(H,20,22)/t14-/m1/s1. The maximum absolute atomic E-state index is 12.0. The third kappa shape index (κ3) is 7.10. The van der Waals surface area contributed by atoms with Crippen molar-refractivity contribution in [1.29, 1.82) is 0 Å². The van der Waals surface area contributed by atoms with Gasteiger partial charge in [0.25, 0.3) is 11.6 Å². The predicted molar refractivity (Wildman–Crippen MR) is 103 cm³/mol. The second kappa shape index (κ2) is 10.3. The molecule has 1 atom stereocenters. The maximum atomic E-state index is 12.0. The molecule has 0 radical (unpaired) electrons. The van der Waals surface area contributed by atoms with Gasteiger partial charge in [-0.05, 0) is 31.0 Å². The van der Waals surface area contributed by atoms with E-state index in [-0.39, 0.29) is 18.2 Å². The smallest absolute Gasteiger partial charge is 0.319 e. The van der Waals surface area contributed by atoms with E-state index in [1.54, 1.807) is 19.1 Å². The van der Waals surface area contributed by atoms with E-state index in [9.17, 15) is 19.7 Å². The molecule has 2 aromatic carbocycles. The lowest BCUT2D eigenvalue weighted by molar-refractivity contribution is -0.384. The van der Waals surface area contributed by atoms with Crippen LogP contribution in [0.4, 0.5) is 5.69 Å². The number of ether oxygens (including phenoxy) is 1. The zero-order valence-corrected chi connectivity index (χ0v) is 15.6. The lowest BCUT2D eigenvalue weighted by atomic mass is 10.1. The molecule has 0 bridgehead atoms. The average Bonchev–Trinajstić information content (AvgIpc) is 2.67. The number of nitro benzene ring substituents is 1. The highest BCUT2D eigenvalue weighted by molar-refractivity contribution is 8.00. The number of benzene rings is 2. The van der Waals surface area contributed by atoms with Crippen LogP contribution in [-0.2, 0) is 20.7 Å². The summed E-state index contributed by atoms with van der Waals surface area (Å²) in [6.07, 6.45) is 0.701. The van der Waals surface area contributed by atoms with Crippen molar-refractivity contribution in [2.75, 3.05) is 13.2 Å². The van der Waals surface area contributed by atoms with E-state index < -0.39 is 16.1 Å².